The van der Waals surface area contributed by atoms with Gasteiger partial charge in [0.15, 0.2) is 0 Å². The van der Waals surface area contributed by atoms with Gasteiger partial charge < -0.3 is 14.8 Å². The Kier molecular flexibility index (Phi) is 6.65. The van der Waals surface area contributed by atoms with Crippen LogP contribution < -0.4 is 10.6 Å². The van der Waals surface area contributed by atoms with Gasteiger partial charge in [-0.3, -0.25) is 14.9 Å². The monoisotopic (exact) mass is 284 g/mol. The summed E-state index contributed by atoms with van der Waals surface area (Å²) in [6, 6.07) is 0.0872. The van der Waals surface area contributed by atoms with Crippen LogP contribution in [0.5, 0.6) is 0 Å². The van der Waals surface area contributed by atoms with E-state index in [0.29, 0.717) is 24.8 Å². The molecule has 0 aliphatic rings. The largest absolute Gasteiger partial charge is 0.481 e. The maximum Gasteiger partial charge on any atom is 0.322 e. The molecule has 0 aliphatic heterocycles. The van der Waals surface area contributed by atoms with E-state index < -0.39 is 5.97 Å². The highest BCUT2D eigenvalue weighted by molar-refractivity contribution is 5.90. The summed E-state index contributed by atoms with van der Waals surface area (Å²) in [5, 5.41) is 21.3. The molecule has 20 heavy (non-hydrogen) atoms. The Bertz CT molecular complexity index is 446. The quantitative estimate of drug-likeness (QED) is 0.574. The molecule has 8 nitrogen and oxygen atoms in total. The lowest BCUT2D eigenvalue weighted by molar-refractivity contribution is -0.137. The number of carboxylic acid groups (broad SMARTS) is 1. The van der Waals surface area contributed by atoms with Gasteiger partial charge >= 0.3 is 12.0 Å². The standard InChI is InChI=1S/C12H20N4O4/c1-8(3-4-11(18)19)5-6-13-7-10(17)14-12-16-15-9(2)20-12/h8,13H,3-7H2,1-2H3,(H,18,19)(H,14,16,17). The topological polar surface area (TPSA) is 117 Å². The number of carbonyl (C=O) groups is 2. The van der Waals surface area contributed by atoms with E-state index in [1.54, 1.807) is 6.92 Å². The molecule has 0 aromatic carbocycles. The third-order valence-electron chi connectivity index (χ3n) is 2.72. The molecule has 1 unspecified atom stereocenters. The summed E-state index contributed by atoms with van der Waals surface area (Å²) < 4.78 is 5.02. The number of carboxylic acids is 1. The average Bonchev–Trinajstić information content (AvgIpc) is 2.77. The minimum absolute atomic E-state index is 0.0872. The summed E-state index contributed by atoms with van der Waals surface area (Å²) in [5.74, 6) is -0.341. The van der Waals surface area contributed by atoms with Gasteiger partial charge in [-0.1, -0.05) is 12.0 Å². The van der Waals surface area contributed by atoms with E-state index in [1.807, 2.05) is 6.92 Å². The van der Waals surface area contributed by atoms with Crippen molar-refractivity contribution in [2.75, 3.05) is 18.4 Å². The molecule has 112 valence electrons. The maximum atomic E-state index is 11.5. The Labute approximate surface area is 116 Å². The summed E-state index contributed by atoms with van der Waals surface area (Å²) in [6.45, 7) is 4.43. The van der Waals surface area contributed by atoms with Crippen molar-refractivity contribution in [2.24, 2.45) is 5.92 Å². The van der Waals surface area contributed by atoms with Gasteiger partial charge in [-0.25, -0.2) is 0 Å². The van der Waals surface area contributed by atoms with E-state index >= 15 is 0 Å². The lowest BCUT2D eigenvalue weighted by atomic mass is 10.0. The van der Waals surface area contributed by atoms with Crippen LogP contribution in [0.25, 0.3) is 0 Å². The zero-order valence-corrected chi connectivity index (χ0v) is 11.7. The normalized spacial score (nSPS) is 12.1. The number of hydrogen-bond acceptors (Lipinski definition) is 6. The highest BCUT2D eigenvalue weighted by Crippen LogP contribution is 2.09. The van der Waals surface area contributed by atoms with Crippen molar-refractivity contribution in [3.05, 3.63) is 5.89 Å². The molecular formula is C12H20N4O4. The molecule has 3 N–H and O–H groups in total. The summed E-state index contributed by atoms with van der Waals surface area (Å²) in [4.78, 5) is 21.9. The van der Waals surface area contributed by atoms with E-state index in [2.05, 4.69) is 20.8 Å². The fraction of sp³-hybridized carbons (Fsp3) is 0.667. The molecule has 0 aliphatic carbocycles. The summed E-state index contributed by atoms with van der Waals surface area (Å²) >= 11 is 0. The number of aliphatic carboxylic acids is 1. The van der Waals surface area contributed by atoms with Crippen molar-refractivity contribution in [3.63, 3.8) is 0 Å². The first-order valence-electron chi connectivity index (χ1n) is 6.50. The van der Waals surface area contributed by atoms with Gasteiger partial charge in [0.2, 0.25) is 11.8 Å². The van der Waals surface area contributed by atoms with Crippen molar-refractivity contribution in [3.8, 4) is 0 Å². The zero-order valence-electron chi connectivity index (χ0n) is 11.7. The molecule has 0 fully saturated rings. The number of anilines is 1. The second-order valence-electron chi connectivity index (χ2n) is 4.68. The molecule has 1 rings (SSSR count). The van der Waals surface area contributed by atoms with Crippen LogP contribution in [0.3, 0.4) is 0 Å². The molecule has 0 radical (unpaired) electrons. The van der Waals surface area contributed by atoms with E-state index in [1.165, 1.54) is 0 Å². The molecule has 1 aromatic heterocycles. The van der Waals surface area contributed by atoms with Gasteiger partial charge in [0.1, 0.15) is 0 Å². The van der Waals surface area contributed by atoms with E-state index in [0.717, 1.165) is 6.42 Å². The lowest BCUT2D eigenvalue weighted by Crippen LogP contribution is -2.29. The van der Waals surface area contributed by atoms with Gasteiger partial charge in [-0.15, -0.1) is 5.10 Å². The van der Waals surface area contributed by atoms with Crippen LogP contribution in [0.4, 0.5) is 6.01 Å². The van der Waals surface area contributed by atoms with Crippen molar-refractivity contribution in [1.82, 2.24) is 15.5 Å². The first kappa shape index (κ1) is 16.1. The number of hydrogen-bond donors (Lipinski definition) is 3. The van der Waals surface area contributed by atoms with Crippen LogP contribution >= 0.6 is 0 Å². The van der Waals surface area contributed by atoms with Gasteiger partial charge in [0.25, 0.3) is 0 Å². The minimum atomic E-state index is -0.779. The third kappa shape index (κ3) is 6.83. The Morgan fingerprint density at radius 2 is 2.10 bits per heavy atom. The van der Waals surface area contributed by atoms with Gasteiger partial charge in [-0.05, 0) is 25.3 Å². The molecular weight excluding hydrogens is 264 g/mol. The molecule has 1 atom stereocenters. The van der Waals surface area contributed by atoms with Crippen LogP contribution in [0, 0.1) is 12.8 Å². The lowest BCUT2D eigenvalue weighted by Gasteiger charge is -2.10. The number of amides is 1. The first-order valence-corrected chi connectivity index (χ1v) is 6.50. The Morgan fingerprint density at radius 1 is 1.35 bits per heavy atom. The van der Waals surface area contributed by atoms with Crippen molar-refractivity contribution < 1.29 is 19.1 Å². The number of nitrogens with zero attached hydrogens (tertiary/aromatic N) is 2. The second-order valence-corrected chi connectivity index (χ2v) is 4.68. The van der Waals surface area contributed by atoms with E-state index in [4.69, 9.17) is 9.52 Å². The second kappa shape index (κ2) is 8.26. The highest BCUT2D eigenvalue weighted by Gasteiger charge is 2.08. The third-order valence-corrected chi connectivity index (χ3v) is 2.72. The molecule has 1 heterocycles. The molecule has 0 saturated carbocycles. The fourth-order valence-electron chi connectivity index (χ4n) is 1.58. The van der Waals surface area contributed by atoms with Gasteiger partial charge in [0.05, 0.1) is 6.54 Å². The van der Waals surface area contributed by atoms with E-state index in [-0.39, 0.29) is 24.9 Å². The van der Waals surface area contributed by atoms with E-state index in [9.17, 15) is 9.59 Å². The van der Waals surface area contributed by atoms with Crippen LogP contribution in [-0.2, 0) is 9.59 Å². The summed E-state index contributed by atoms with van der Waals surface area (Å²) in [7, 11) is 0. The first-order chi connectivity index (χ1) is 9.47. The van der Waals surface area contributed by atoms with Crippen LogP contribution in [0.1, 0.15) is 32.1 Å². The number of carbonyl (C=O) groups excluding carboxylic acids is 1. The molecule has 8 heteroatoms. The fourth-order valence-corrected chi connectivity index (χ4v) is 1.58. The number of nitrogens with one attached hydrogen (secondary N) is 2. The summed E-state index contributed by atoms with van der Waals surface area (Å²) in [6.07, 6.45) is 1.64. The van der Waals surface area contributed by atoms with Crippen LogP contribution in [0.15, 0.2) is 4.42 Å². The van der Waals surface area contributed by atoms with Crippen LogP contribution in [-0.4, -0.2) is 40.3 Å². The maximum absolute atomic E-state index is 11.5. The Balaban J connectivity index is 2.08. The predicted molar refractivity (Wildman–Crippen MR) is 71.2 cm³/mol. The van der Waals surface area contributed by atoms with Crippen molar-refractivity contribution >= 4 is 17.9 Å². The average molecular weight is 284 g/mol. The summed E-state index contributed by atoms with van der Waals surface area (Å²) in [5.41, 5.74) is 0. The highest BCUT2D eigenvalue weighted by atomic mass is 16.4. The van der Waals surface area contributed by atoms with Gasteiger partial charge in [-0.2, -0.15) is 0 Å². The SMILES string of the molecule is Cc1nnc(NC(=O)CNCCC(C)CCC(=O)O)o1. The predicted octanol–water partition coefficient (Wildman–Crippen LogP) is 0.797. The van der Waals surface area contributed by atoms with Crippen LogP contribution in [0.2, 0.25) is 0 Å². The number of aryl methyl sites for hydroxylation is 1. The Hall–Kier alpha value is -1.96. The molecule has 0 saturated heterocycles. The minimum Gasteiger partial charge on any atom is -0.481 e. The number of rotatable bonds is 9. The smallest absolute Gasteiger partial charge is 0.322 e. The molecule has 0 spiro atoms. The van der Waals surface area contributed by atoms with Crippen molar-refractivity contribution in [2.45, 2.75) is 33.1 Å². The Morgan fingerprint density at radius 3 is 2.70 bits per heavy atom. The molecule has 1 amide bonds. The molecule has 1 aromatic rings. The zero-order chi connectivity index (χ0) is 15.0. The number of aromatic nitrogens is 2. The van der Waals surface area contributed by atoms with Gasteiger partial charge in [0, 0.05) is 13.3 Å². The molecule has 0 bridgehead atoms. The van der Waals surface area contributed by atoms with Crippen molar-refractivity contribution in [1.29, 1.82) is 0 Å².